The van der Waals surface area contributed by atoms with Crippen molar-refractivity contribution in [3.8, 4) is 0 Å². The van der Waals surface area contributed by atoms with Gasteiger partial charge in [0.2, 0.25) is 10.0 Å². The maximum absolute atomic E-state index is 13.0. The van der Waals surface area contributed by atoms with Crippen LogP contribution in [-0.2, 0) is 10.0 Å². The highest BCUT2D eigenvalue weighted by Gasteiger charge is 2.29. The zero-order valence-corrected chi connectivity index (χ0v) is 18.9. The number of rotatable bonds is 7. The van der Waals surface area contributed by atoms with E-state index in [1.54, 1.807) is 31.5 Å². The number of nitrogens with zero attached hydrogens (tertiary/aromatic N) is 1. The second kappa shape index (κ2) is 9.71. The van der Waals surface area contributed by atoms with Gasteiger partial charge in [0, 0.05) is 18.7 Å². The van der Waals surface area contributed by atoms with E-state index in [1.165, 1.54) is 16.4 Å². The Bertz CT molecular complexity index is 1120. The average molecular weight is 453 g/mol. The summed E-state index contributed by atoms with van der Waals surface area (Å²) in [6.45, 7) is 0. The number of benzene rings is 2. The van der Waals surface area contributed by atoms with Crippen LogP contribution < -0.4 is 5.32 Å². The van der Waals surface area contributed by atoms with Gasteiger partial charge in [-0.05, 0) is 54.8 Å². The molecule has 1 N–H and O–H groups in total. The van der Waals surface area contributed by atoms with Crippen molar-refractivity contribution in [3.05, 3.63) is 89.9 Å². The monoisotopic (exact) mass is 452 g/mol. The molecule has 6 nitrogen and oxygen atoms in total. The molecule has 0 radical (unpaired) electrons. The summed E-state index contributed by atoms with van der Waals surface area (Å²) >= 11 is 0. The third-order valence-corrected chi connectivity index (χ3v) is 8.04. The number of carbonyl (C=O) groups excluding carboxylic acids is 1. The second-order valence-electron chi connectivity index (χ2n) is 8.17. The van der Waals surface area contributed by atoms with Crippen molar-refractivity contribution in [2.75, 3.05) is 7.05 Å². The minimum absolute atomic E-state index is 0.0386. The third-order valence-electron chi connectivity index (χ3n) is 6.12. The van der Waals surface area contributed by atoms with E-state index in [9.17, 15) is 13.2 Å². The molecule has 1 amide bonds. The molecule has 3 aromatic rings. The first kappa shape index (κ1) is 22.3. The molecule has 0 aliphatic heterocycles. The Morgan fingerprint density at radius 2 is 1.66 bits per heavy atom. The molecule has 1 heterocycles. The normalized spacial score (nSPS) is 16.1. The molecule has 1 fully saturated rings. The summed E-state index contributed by atoms with van der Waals surface area (Å²) in [5.74, 6) is 0.317. The van der Waals surface area contributed by atoms with Crippen LogP contribution in [0.1, 0.15) is 59.8 Å². The van der Waals surface area contributed by atoms with E-state index >= 15 is 0 Å². The first-order valence-corrected chi connectivity index (χ1v) is 12.4. The van der Waals surface area contributed by atoms with Gasteiger partial charge in [-0.2, -0.15) is 4.31 Å². The highest BCUT2D eigenvalue weighted by atomic mass is 32.2. The molecule has 1 aliphatic rings. The Hall–Kier alpha value is -2.90. The van der Waals surface area contributed by atoms with E-state index in [2.05, 4.69) is 5.32 Å². The number of carbonyl (C=O) groups is 1. The van der Waals surface area contributed by atoms with Gasteiger partial charge in [-0.25, -0.2) is 8.42 Å². The topological polar surface area (TPSA) is 79.6 Å². The van der Waals surface area contributed by atoms with E-state index in [4.69, 9.17) is 4.42 Å². The Kier molecular flexibility index (Phi) is 6.77. The van der Waals surface area contributed by atoms with Gasteiger partial charge >= 0.3 is 0 Å². The fourth-order valence-corrected chi connectivity index (χ4v) is 5.64. The van der Waals surface area contributed by atoms with Crippen LogP contribution in [0.4, 0.5) is 0 Å². The molecule has 2 aromatic carbocycles. The molecule has 0 bridgehead atoms. The number of nitrogens with one attached hydrogen (secondary N) is 1. The minimum Gasteiger partial charge on any atom is -0.467 e. The predicted molar refractivity (Wildman–Crippen MR) is 123 cm³/mol. The van der Waals surface area contributed by atoms with Gasteiger partial charge in [-0.3, -0.25) is 4.79 Å². The smallest absolute Gasteiger partial charge is 0.252 e. The van der Waals surface area contributed by atoms with Crippen LogP contribution in [0.3, 0.4) is 0 Å². The van der Waals surface area contributed by atoms with Crippen molar-refractivity contribution >= 4 is 15.9 Å². The fraction of sp³-hybridized carbons (Fsp3) is 0.320. The van der Waals surface area contributed by atoms with Gasteiger partial charge < -0.3 is 9.73 Å². The molecule has 1 aliphatic carbocycles. The van der Waals surface area contributed by atoms with Gasteiger partial charge in [0.05, 0.1) is 11.2 Å². The number of hydrogen-bond donors (Lipinski definition) is 1. The van der Waals surface area contributed by atoms with E-state index < -0.39 is 16.1 Å². The van der Waals surface area contributed by atoms with Gasteiger partial charge in [-0.15, -0.1) is 0 Å². The minimum atomic E-state index is -3.60. The summed E-state index contributed by atoms with van der Waals surface area (Å²) in [6, 6.07) is 18.9. The molecule has 1 aromatic heterocycles. The summed E-state index contributed by atoms with van der Waals surface area (Å²) in [5.41, 5.74) is 1.28. The molecule has 1 atom stereocenters. The molecule has 1 unspecified atom stereocenters. The van der Waals surface area contributed by atoms with E-state index in [1.807, 2.05) is 36.4 Å². The maximum atomic E-state index is 13.0. The quantitative estimate of drug-likeness (QED) is 0.561. The highest BCUT2D eigenvalue weighted by molar-refractivity contribution is 7.89. The van der Waals surface area contributed by atoms with Crippen LogP contribution in [0, 0.1) is 0 Å². The van der Waals surface area contributed by atoms with Crippen molar-refractivity contribution in [2.24, 2.45) is 0 Å². The zero-order chi connectivity index (χ0) is 22.6. The lowest BCUT2D eigenvalue weighted by atomic mass is 9.96. The molecule has 168 valence electrons. The molecular formula is C25H28N2O4S. The summed E-state index contributed by atoms with van der Waals surface area (Å²) in [5, 5.41) is 2.99. The summed E-state index contributed by atoms with van der Waals surface area (Å²) in [4.78, 5) is 13.2. The van der Waals surface area contributed by atoms with Crippen molar-refractivity contribution < 1.29 is 17.6 Å². The lowest BCUT2D eigenvalue weighted by molar-refractivity contribution is 0.0939. The van der Waals surface area contributed by atoms with Gasteiger partial charge in [0.25, 0.3) is 5.91 Å². The highest BCUT2D eigenvalue weighted by Crippen LogP contribution is 2.27. The van der Waals surface area contributed by atoms with Crippen LogP contribution in [0.2, 0.25) is 0 Å². The van der Waals surface area contributed by atoms with Gasteiger partial charge in [0.15, 0.2) is 0 Å². The van der Waals surface area contributed by atoms with Gasteiger partial charge in [-0.1, -0.05) is 49.6 Å². The van der Waals surface area contributed by atoms with Crippen molar-refractivity contribution in [2.45, 2.75) is 49.1 Å². The van der Waals surface area contributed by atoms with E-state index in [0.29, 0.717) is 11.3 Å². The maximum Gasteiger partial charge on any atom is 0.252 e. The Balaban J connectivity index is 1.51. The number of furan rings is 1. The molecule has 7 heteroatoms. The largest absolute Gasteiger partial charge is 0.467 e. The van der Waals surface area contributed by atoms with Crippen molar-refractivity contribution in [1.29, 1.82) is 0 Å². The molecule has 32 heavy (non-hydrogen) atoms. The predicted octanol–water partition coefficient (Wildman–Crippen LogP) is 4.75. The molecule has 4 rings (SSSR count). The fourth-order valence-electron chi connectivity index (χ4n) is 4.22. The first-order chi connectivity index (χ1) is 15.5. The number of amides is 1. The Morgan fingerprint density at radius 3 is 2.28 bits per heavy atom. The van der Waals surface area contributed by atoms with Crippen LogP contribution in [-0.4, -0.2) is 31.7 Å². The summed E-state index contributed by atoms with van der Waals surface area (Å²) in [7, 11) is -1.94. The third kappa shape index (κ3) is 4.79. The van der Waals surface area contributed by atoms with Crippen LogP contribution in [0.5, 0.6) is 0 Å². The summed E-state index contributed by atoms with van der Waals surface area (Å²) in [6.07, 6.45) is 6.63. The second-order valence-corrected chi connectivity index (χ2v) is 10.2. The first-order valence-electron chi connectivity index (χ1n) is 10.9. The number of hydrogen-bond acceptors (Lipinski definition) is 4. The van der Waals surface area contributed by atoms with E-state index in [0.717, 1.165) is 37.7 Å². The molecule has 0 spiro atoms. The number of sulfonamides is 1. The van der Waals surface area contributed by atoms with Crippen molar-refractivity contribution in [1.82, 2.24) is 9.62 Å². The summed E-state index contributed by atoms with van der Waals surface area (Å²) < 4.78 is 33.1. The van der Waals surface area contributed by atoms with Crippen LogP contribution >= 0.6 is 0 Å². The van der Waals surface area contributed by atoms with Gasteiger partial charge in [0.1, 0.15) is 11.8 Å². The van der Waals surface area contributed by atoms with Crippen LogP contribution in [0.25, 0.3) is 0 Å². The lowest BCUT2D eigenvalue weighted by Crippen LogP contribution is -2.38. The van der Waals surface area contributed by atoms with E-state index in [-0.39, 0.29) is 16.8 Å². The lowest BCUT2D eigenvalue weighted by Gasteiger charge is -2.30. The Morgan fingerprint density at radius 1 is 0.969 bits per heavy atom. The molecule has 0 saturated heterocycles. The zero-order valence-electron chi connectivity index (χ0n) is 18.1. The Labute approximate surface area is 189 Å². The standard InChI is InChI=1S/C25H28N2O4S/c1-27(21-11-6-3-7-12-21)32(29,30)22-16-14-20(15-17-22)25(28)26-24(23-13-8-18-31-23)19-9-4-2-5-10-19/h2,4-5,8-10,13-18,21,24H,3,6-7,11-12H2,1H3,(H,26,28). The van der Waals surface area contributed by atoms with Crippen LogP contribution in [0.15, 0.2) is 82.3 Å². The molecule has 1 saturated carbocycles. The average Bonchev–Trinajstić information content (AvgIpc) is 3.38. The molecular weight excluding hydrogens is 424 g/mol. The SMILES string of the molecule is CN(C1CCCCC1)S(=O)(=O)c1ccc(C(=O)NC(c2ccccc2)c2ccco2)cc1. The van der Waals surface area contributed by atoms with Crippen molar-refractivity contribution in [3.63, 3.8) is 0 Å².